The van der Waals surface area contributed by atoms with E-state index in [0.717, 1.165) is 25.7 Å². The Kier molecular flexibility index (Phi) is 11.3. The van der Waals surface area contributed by atoms with Gasteiger partial charge >= 0.3 is 0 Å². The number of aliphatic hydroxyl groups is 1. The lowest BCUT2D eigenvalue weighted by atomic mass is 9.88. The van der Waals surface area contributed by atoms with Gasteiger partial charge in [-0.05, 0) is 32.6 Å². The Labute approximate surface area is 105 Å². The van der Waals surface area contributed by atoms with Crippen molar-refractivity contribution in [2.45, 2.75) is 53.6 Å². The van der Waals surface area contributed by atoms with Crippen molar-refractivity contribution in [3.63, 3.8) is 0 Å². The second-order valence-electron chi connectivity index (χ2n) is 3.46. The first-order valence-electron chi connectivity index (χ1n) is 5.01. The summed E-state index contributed by atoms with van der Waals surface area (Å²) in [6.07, 6.45) is 4.86. The third-order valence-electron chi connectivity index (χ3n) is 2.47. The molecule has 0 bridgehead atoms. The zero-order valence-electron chi connectivity index (χ0n) is 8.25. The van der Waals surface area contributed by atoms with Crippen molar-refractivity contribution in [2.24, 2.45) is 5.92 Å². The Balaban J connectivity index is -0.0000000268. The van der Waals surface area contributed by atoms with Crippen molar-refractivity contribution >= 4 is 0 Å². The fraction of sp³-hybridized carbons (Fsp3) is 0.846. The molecule has 104 valence electrons. The van der Waals surface area contributed by atoms with Gasteiger partial charge in [-0.25, -0.2) is 0 Å². The molecule has 1 saturated carbocycles. The topological polar surface area (TPSA) is 29.5 Å². The van der Waals surface area contributed by atoms with Crippen LogP contribution < -0.4 is 0 Å². The zero-order chi connectivity index (χ0) is 9.52. The van der Waals surface area contributed by atoms with Gasteiger partial charge in [0, 0.05) is 15.9 Å². The van der Waals surface area contributed by atoms with Crippen LogP contribution in [0.5, 0.6) is 0 Å². The predicted octanol–water partition coefficient (Wildman–Crippen LogP) is 4.57. The Morgan fingerprint density at radius 3 is 2.33 bits per heavy atom. The molecule has 15 heavy (non-hydrogen) atoms. The van der Waals surface area contributed by atoms with Gasteiger partial charge in [-0.15, -0.1) is 11.8 Å². The smallest absolute Gasteiger partial charge is 0.0701 e. The van der Waals surface area contributed by atoms with E-state index in [1.165, 1.54) is 0 Å². The second kappa shape index (κ2) is 10.0. The van der Waals surface area contributed by atoms with Crippen LogP contribution >= 0.6 is 0 Å². The molecular weight excluding hydrogens is 188 g/mol. The van der Waals surface area contributed by atoms with Gasteiger partial charge in [0.2, 0.25) is 0 Å². The highest BCUT2D eigenvalue weighted by molar-refractivity contribution is 5.02. The van der Waals surface area contributed by atoms with E-state index in [0.29, 0.717) is 18.6 Å². The molecule has 1 aliphatic rings. The van der Waals surface area contributed by atoms with Gasteiger partial charge in [0.15, 0.2) is 0 Å². The summed E-state index contributed by atoms with van der Waals surface area (Å²) in [6.45, 7) is 2.51. The molecule has 0 atom stereocenters. The van der Waals surface area contributed by atoms with E-state index < -0.39 is 0 Å². The summed E-state index contributed by atoms with van der Waals surface area (Å²) in [6, 6.07) is 0. The third-order valence-corrected chi connectivity index (χ3v) is 2.47. The molecule has 1 fully saturated rings. The molecule has 0 aromatic carbocycles. The minimum absolute atomic E-state index is 0. The third kappa shape index (κ3) is 6.54. The van der Waals surface area contributed by atoms with Gasteiger partial charge in [-0.3, -0.25) is 0 Å². The summed E-state index contributed by atoms with van der Waals surface area (Å²) in [7, 11) is 0. The summed E-state index contributed by atoms with van der Waals surface area (Å²) in [5.41, 5.74) is 0. The molecule has 0 spiro atoms. The van der Waals surface area contributed by atoms with E-state index in [-0.39, 0.29) is 31.4 Å². The highest BCUT2D eigenvalue weighted by Gasteiger charge is 2.19. The van der Waals surface area contributed by atoms with Crippen molar-refractivity contribution in [1.82, 2.24) is 0 Å². The molecule has 0 radical (unpaired) electrons. The minimum atomic E-state index is 0. The van der Waals surface area contributed by atoms with Crippen LogP contribution in [0.2, 0.25) is 0 Å². The van der Waals surface area contributed by atoms with E-state index >= 15 is 0 Å². The van der Waals surface area contributed by atoms with E-state index in [2.05, 4.69) is 11.8 Å². The molecule has 0 saturated heterocycles. The van der Waals surface area contributed by atoms with Gasteiger partial charge in [0.05, 0.1) is 19.3 Å². The van der Waals surface area contributed by atoms with Crippen molar-refractivity contribution in [3.8, 4) is 11.8 Å². The molecule has 2 heteroatoms. The summed E-state index contributed by atoms with van der Waals surface area (Å²) in [4.78, 5) is 0. The van der Waals surface area contributed by atoms with Gasteiger partial charge in [0.25, 0.3) is 0 Å². The number of hydrogen-bond donors (Lipinski definition) is 1. The number of rotatable bonds is 3. The van der Waals surface area contributed by atoms with Crippen molar-refractivity contribution < 1.29 is 19.8 Å². The standard InChI is InChI=1S/C11H18O2.2CH4.7H2/c1-2-3-10-4-6-11(7-5-10)13-9-8-12;;;;;;;;;/h10-12H,4-9H2,1H3;2*1H4;7*1H. The molecule has 2 nitrogen and oxygen atoms in total. The molecule has 0 aromatic rings. The molecule has 1 N–H and O–H groups in total. The van der Waals surface area contributed by atoms with Gasteiger partial charge in [0.1, 0.15) is 0 Å². The normalized spacial score (nSPS) is 24.1. The van der Waals surface area contributed by atoms with Gasteiger partial charge in [-0.2, -0.15) is 0 Å². The Hall–Kier alpha value is -0.520. The Morgan fingerprint density at radius 1 is 1.27 bits per heavy atom. The van der Waals surface area contributed by atoms with Crippen LogP contribution in [0.4, 0.5) is 0 Å². The lowest BCUT2D eigenvalue weighted by Gasteiger charge is -2.25. The fourth-order valence-electron chi connectivity index (χ4n) is 1.80. The van der Waals surface area contributed by atoms with Crippen LogP contribution in [0, 0.1) is 17.8 Å². The average Bonchev–Trinajstić information content (AvgIpc) is 2.17. The SMILES string of the molecule is C.C.CC#CC1CCC(OCCO)CC1.[HH].[HH].[HH].[HH].[HH].[HH].[HH]. The maximum Gasteiger partial charge on any atom is 0.0701 e. The molecule has 0 amide bonds. The molecule has 0 aromatic heterocycles. The van der Waals surface area contributed by atoms with Crippen molar-refractivity contribution in [3.05, 3.63) is 0 Å². The molecule has 1 rings (SSSR count). The highest BCUT2D eigenvalue weighted by Crippen LogP contribution is 2.25. The number of aliphatic hydroxyl groups excluding tert-OH is 1. The first-order chi connectivity index (χ1) is 6.36. The summed E-state index contributed by atoms with van der Waals surface area (Å²) in [5, 5.41) is 8.59. The first-order valence-corrected chi connectivity index (χ1v) is 5.01. The largest absolute Gasteiger partial charge is 0.394 e. The lowest BCUT2D eigenvalue weighted by Crippen LogP contribution is -2.22. The van der Waals surface area contributed by atoms with Crippen LogP contribution in [0.15, 0.2) is 0 Å². The molecule has 0 aliphatic heterocycles. The number of ether oxygens (including phenoxy) is 1. The molecule has 0 unspecified atom stereocenters. The minimum Gasteiger partial charge on any atom is -0.394 e. The summed E-state index contributed by atoms with van der Waals surface area (Å²) < 4.78 is 5.46. The van der Waals surface area contributed by atoms with Crippen molar-refractivity contribution in [1.29, 1.82) is 0 Å². The van der Waals surface area contributed by atoms with Crippen LogP contribution in [-0.2, 0) is 4.74 Å². The lowest BCUT2D eigenvalue weighted by molar-refractivity contribution is 0.00444. The van der Waals surface area contributed by atoms with E-state index in [1.807, 2.05) is 6.92 Å². The maximum atomic E-state index is 8.59. The molecule has 0 heterocycles. The highest BCUT2D eigenvalue weighted by atomic mass is 16.5. The maximum absolute atomic E-state index is 8.59. The summed E-state index contributed by atoms with van der Waals surface area (Å²) in [5.74, 6) is 6.75. The monoisotopic (exact) mass is 228 g/mol. The Bertz CT molecular complexity index is 202. The van der Waals surface area contributed by atoms with E-state index in [1.54, 1.807) is 0 Å². The van der Waals surface area contributed by atoms with Crippen LogP contribution in [0.1, 0.15) is 57.4 Å². The second-order valence-corrected chi connectivity index (χ2v) is 3.46. The van der Waals surface area contributed by atoms with Gasteiger partial charge < -0.3 is 9.84 Å². The Morgan fingerprint density at radius 2 is 1.87 bits per heavy atom. The first kappa shape index (κ1) is 16.9. The van der Waals surface area contributed by atoms with Crippen LogP contribution in [0.25, 0.3) is 0 Å². The molecule has 1 aliphatic carbocycles. The molecular formula is C13H40O2. The van der Waals surface area contributed by atoms with Crippen LogP contribution in [-0.4, -0.2) is 24.4 Å². The summed E-state index contributed by atoms with van der Waals surface area (Å²) >= 11 is 0. The van der Waals surface area contributed by atoms with Crippen LogP contribution in [0.3, 0.4) is 0 Å². The average molecular weight is 228 g/mol. The number of hydrogen-bond acceptors (Lipinski definition) is 2. The predicted molar refractivity (Wildman–Crippen MR) is 80.5 cm³/mol. The van der Waals surface area contributed by atoms with Gasteiger partial charge in [-0.1, -0.05) is 14.9 Å². The quantitative estimate of drug-likeness (QED) is 0.717. The van der Waals surface area contributed by atoms with E-state index in [9.17, 15) is 0 Å². The van der Waals surface area contributed by atoms with E-state index in [4.69, 9.17) is 9.84 Å². The zero-order valence-corrected chi connectivity index (χ0v) is 8.25. The van der Waals surface area contributed by atoms with Crippen molar-refractivity contribution in [2.75, 3.05) is 13.2 Å². The fourth-order valence-corrected chi connectivity index (χ4v) is 1.80.